The smallest absolute Gasteiger partial charge is 0.205 e. The summed E-state index contributed by atoms with van der Waals surface area (Å²) in [6, 6.07) is 8.00. The molecule has 2 N–H and O–H groups in total. The Morgan fingerprint density at radius 2 is 2.20 bits per heavy atom. The lowest BCUT2D eigenvalue weighted by Gasteiger charge is -2.30. The Balaban J connectivity index is 1.66. The van der Waals surface area contributed by atoms with Crippen LogP contribution < -0.4 is 10.5 Å². The molecule has 30 heavy (non-hydrogen) atoms. The van der Waals surface area contributed by atoms with Crippen molar-refractivity contribution in [2.24, 2.45) is 5.73 Å². The van der Waals surface area contributed by atoms with Crippen molar-refractivity contribution in [1.82, 2.24) is 0 Å². The van der Waals surface area contributed by atoms with Gasteiger partial charge in [0.05, 0.1) is 10.9 Å². The monoisotopic (exact) mass is 444 g/mol. The fraction of sp³-hybridized carbons (Fsp3) is 0.273. The maximum atomic E-state index is 13.2. The minimum absolute atomic E-state index is 0.0107. The van der Waals surface area contributed by atoms with Crippen LogP contribution in [0.15, 0.2) is 47.1 Å². The number of allylic oxidation sites excluding steroid dienone is 3. The van der Waals surface area contributed by atoms with E-state index in [1.54, 1.807) is 0 Å². The van der Waals surface area contributed by atoms with E-state index < -0.39 is 11.7 Å². The Hall–Kier alpha value is -2.82. The number of carbonyl (C=O) groups is 1. The molecule has 0 saturated carbocycles. The number of halogens is 2. The molecule has 0 spiro atoms. The molecule has 0 radical (unpaired) electrons. The second-order valence-electron chi connectivity index (χ2n) is 7.13. The van der Waals surface area contributed by atoms with Crippen LogP contribution in [-0.4, -0.2) is 5.78 Å². The van der Waals surface area contributed by atoms with Gasteiger partial charge in [0.15, 0.2) is 5.78 Å². The van der Waals surface area contributed by atoms with E-state index in [4.69, 9.17) is 26.8 Å². The van der Waals surface area contributed by atoms with Crippen LogP contribution >= 0.6 is 22.9 Å². The first-order chi connectivity index (χ1) is 14.4. The summed E-state index contributed by atoms with van der Waals surface area (Å²) < 4.78 is 24.6. The Labute approximate surface area is 182 Å². The number of Topliss-reactive ketones (excluding diaryl/α,β-unsaturated/α-hetero) is 1. The molecule has 0 saturated heterocycles. The lowest BCUT2D eigenvalue weighted by atomic mass is 9.80. The summed E-state index contributed by atoms with van der Waals surface area (Å²) in [4.78, 5) is 14.5. The summed E-state index contributed by atoms with van der Waals surface area (Å²) >= 11 is 7.52. The molecule has 4 rings (SSSR count). The van der Waals surface area contributed by atoms with Crippen LogP contribution in [0, 0.1) is 24.1 Å². The van der Waals surface area contributed by atoms with Crippen LogP contribution in [0.4, 0.5) is 4.39 Å². The molecule has 1 aromatic carbocycles. The van der Waals surface area contributed by atoms with Gasteiger partial charge in [0.2, 0.25) is 5.88 Å². The molecule has 0 bridgehead atoms. The number of ketones is 1. The van der Waals surface area contributed by atoms with Gasteiger partial charge in [-0.3, -0.25) is 4.79 Å². The van der Waals surface area contributed by atoms with Gasteiger partial charge in [0.1, 0.15) is 35.6 Å². The number of nitrogens with zero attached hydrogens (tertiary/aromatic N) is 1. The Bertz CT molecular complexity index is 1150. The zero-order chi connectivity index (χ0) is 21.4. The predicted molar refractivity (Wildman–Crippen MR) is 111 cm³/mol. The molecule has 1 aromatic heterocycles. The van der Waals surface area contributed by atoms with E-state index >= 15 is 0 Å². The average Bonchev–Trinajstić information content (AvgIpc) is 3.07. The standard InChI is InChI=1S/C22H18ClFN2O3S/c1-11-12(10-28-17-6-5-13(24)8-15(17)23)7-19(30-11)20-14(9-25)22(26)29-18-4-2-3-16(27)21(18)20/h5-8,20H,2-4,10,26H2,1H3. The van der Waals surface area contributed by atoms with Crippen molar-refractivity contribution in [2.75, 3.05) is 0 Å². The summed E-state index contributed by atoms with van der Waals surface area (Å²) in [5.41, 5.74) is 7.67. The molecule has 1 unspecified atom stereocenters. The van der Waals surface area contributed by atoms with Gasteiger partial charge in [0, 0.05) is 33.7 Å². The number of ether oxygens (including phenoxy) is 2. The zero-order valence-corrected chi connectivity index (χ0v) is 17.7. The van der Waals surface area contributed by atoms with Gasteiger partial charge in [-0.1, -0.05) is 11.6 Å². The lowest BCUT2D eigenvalue weighted by Crippen LogP contribution is -2.27. The number of hydrogen-bond donors (Lipinski definition) is 1. The number of thiophene rings is 1. The molecule has 1 aliphatic heterocycles. The second-order valence-corrected chi connectivity index (χ2v) is 8.83. The zero-order valence-electron chi connectivity index (χ0n) is 16.1. The third kappa shape index (κ3) is 3.69. The molecule has 1 atom stereocenters. The highest BCUT2D eigenvalue weighted by Gasteiger charge is 2.39. The Morgan fingerprint density at radius 3 is 2.93 bits per heavy atom. The lowest BCUT2D eigenvalue weighted by molar-refractivity contribution is -0.116. The molecular weight excluding hydrogens is 427 g/mol. The molecular formula is C22H18ClFN2O3S. The van der Waals surface area contributed by atoms with E-state index in [9.17, 15) is 14.4 Å². The van der Waals surface area contributed by atoms with Gasteiger partial charge in [0.25, 0.3) is 0 Å². The number of benzene rings is 1. The van der Waals surface area contributed by atoms with Gasteiger partial charge < -0.3 is 15.2 Å². The van der Waals surface area contributed by atoms with Crippen LogP contribution in [0.5, 0.6) is 5.75 Å². The highest BCUT2D eigenvalue weighted by atomic mass is 35.5. The summed E-state index contributed by atoms with van der Waals surface area (Å²) in [6.45, 7) is 2.16. The minimum atomic E-state index is -0.529. The van der Waals surface area contributed by atoms with Crippen molar-refractivity contribution in [3.05, 3.63) is 73.2 Å². The van der Waals surface area contributed by atoms with Crippen molar-refractivity contribution >= 4 is 28.7 Å². The van der Waals surface area contributed by atoms with Crippen LogP contribution in [0.2, 0.25) is 5.02 Å². The highest BCUT2D eigenvalue weighted by Crippen LogP contribution is 2.46. The van der Waals surface area contributed by atoms with Gasteiger partial charge in [-0.2, -0.15) is 5.26 Å². The molecule has 2 heterocycles. The first-order valence-corrected chi connectivity index (χ1v) is 10.6. The number of nitrogens with two attached hydrogens (primary N) is 1. The topological polar surface area (TPSA) is 85.3 Å². The van der Waals surface area contributed by atoms with Gasteiger partial charge >= 0.3 is 0 Å². The summed E-state index contributed by atoms with van der Waals surface area (Å²) in [5.74, 6) is 0.0237. The van der Waals surface area contributed by atoms with Crippen molar-refractivity contribution in [1.29, 1.82) is 5.26 Å². The quantitative estimate of drug-likeness (QED) is 0.696. The molecule has 154 valence electrons. The fourth-order valence-electron chi connectivity index (χ4n) is 3.72. The largest absolute Gasteiger partial charge is 0.487 e. The normalized spacial score (nSPS) is 18.7. The summed E-state index contributed by atoms with van der Waals surface area (Å²) in [7, 11) is 0. The van der Waals surface area contributed by atoms with Crippen LogP contribution in [0.1, 0.15) is 40.5 Å². The van der Waals surface area contributed by atoms with Crippen molar-refractivity contribution < 1.29 is 18.7 Å². The van der Waals surface area contributed by atoms with Gasteiger partial charge in [-0.15, -0.1) is 11.3 Å². The third-order valence-electron chi connectivity index (χ3n) is 5.21. The fourth-order valence-corrected chi connectivity index (χ4v) is 5.10. The number of carbonyl (C=O) groups excluding carboxylic acids is 1. The minimum Gasteiger partial charge on any atom is -0.487 e. The predicted octanol–water partition coefficient (Wildman–Crippen LogP) is 5.24. The number of hydrogen-bond acceptors (Lipinski definition) is 6. The summed E-state index contributed by atoms with van der Waals surface area (Å²) in [6.07, 6.45) is 1.77. The van der Waals surface area contributed by atoms with Gasteiger partial charge in [-0.25, -0.2) is 4.39 Å². The highest BCUT2D eigenvalue weighted by molar-refractivity contribution is 7.12. The van der Waals surface area contributed by atoms with E-state index in [-0.39, 0.29) is 28.9 Å². The van der Waals surface area contributed by atoms with Gasteiger partial charge in [-0.05, 0) is 37.6 Å². The maximum absolute atomic E-state index is 13.2. The molecule has 5 nitrogen and oxygen atoms in total. The Kier molecular flexibility index (Phi) is 5.54. The first kappa shape index (κ1) is 20.5. The molecule has 0 fully saturated rings. The third-order valence-corrected chi connectivity index (χ3v) is 6.66. The average molecular weight is 445 g/mol. The first-order valence-electron chi connectivity index (χ1n) is 9.40. The molecule has 2 aromatic rings. The summed E-state index contributed by atoms with van der Waals surface area (Å²) in [5, 5.41) is 9.88. The van der Waals surface area contributed by atoms with E-state index in [2.05, 4.69) is 6.07 Å². The SMILES string of the molecule is Cc1sc(C2C(C#N)=C(N)OC3=C2C(=O)CCC3)cc1COc1ccc(F)cc1Cl. The molecule has 8 heteroatoms. The van der Waals surface area contributed by atoms with Crippen molar-refractivity contribution in [3.8, 4) is 11.8 Å². The van der Waals surface area contributed by atoms with E-state index in [0.29, 0.717) is 36.3 Å². The van der Waals surface area contributed by atoms with E-state index in [1.165, 1.54) is 29.5 Å². The van der Waals surface area contributed by atoms with Crippen LogP contribution in [0.3, 0.4) is 0 Å². The number of rotatable bonds is 4. The van der Waals surface area contributed by atoms with Crippen molar-refractivity contribution in [2.45, 2.75) is 38.7 Å². The second kappa shape index (κ2) is 8.13. The molecule has 2 aliphatic rings. The van der Waals surface area contributed by atoms with E-state index in [1.807, 2.05) is 13.0 Å². The number of aryl methyl sites for hydroxylation is 1. The van der Waals surface area contributed by atoms with E-state index in [0.717, 1.165) is 15.3 Å². The van der Waals surface area contributed by atoms with Crippen LogP contribution in [-0.2, 0) is 16.1 Å². The number of nitriles is 1. The van der Waals surface area contributed by atoms with Crippen LogP contribution in [0.25, 0.3) is 0 Å². The molecule has 1 aliphatic carbocycles. The Morgan fingerprint density at radius 1 is 1.40 bits per heavy atom. The van der Waals surface area contributed by atoms with Crippen molar-refractivity contribution in [3.63, 3.8) is 0 Å². The maximum Gasteiger partial charge on any atom is 0.205 e. The molecule has 0 amide bonds.